The van der Waals surface area contributed by atoms with E-state index in [1.165, 1.54) is 12.1 Å². The minimum absolute atomic E-state index is 0. The Morgan fingerprint density at radius 1 is 0.750 bits per heavy atom. The zero-order valence-corrected chi connectivity index (χ0v) is 16.2. The van der Waals surface area contributed by atoms with Crippen molar-refractivity contribution in [2.24, 2.45) is 0 Å². The molecule has 0 unspecified atom stereocenters. The van der Waals surface area contributed by atoms with Crippen molar-refractivity contribution in [3.8, 4) is 0 Å². The molecule has 0 fully saturated rings. The largest absolute Gasteiger partial charge is 1.00 e. The first-order valence-electron chi connectivity index (χ1n) is 5.44. The van der Waals surface area contributed by atoms with Gasteiger partial charge in [-0.3, -0.25) is 4.55 Å². The third kappa shape index (κ3) is 3.64. The molecule has 0 atom stereocenters. The van der Waals surface area contributed by atoms with Crippen LogP contribution in [0.3, 0.4) is 0 Å². The normalized spacial score (nSPS) is 10.8. The third-order valence-electron chi connectivity index (χ3n) is 2.97. The summed E-state index contributed by atoms with van der Waals surface area (Å²) < 4.78 is 31.2. The molecule has 1 N–H and O–H groups in total. The number of rotatable bonds is 1. The van der Waals surface area contributed by atoms with Gasteiger partial charge in [0.2, 0.25) is 0 Å². The van der Waals surface area contributed by atoms with Crippen LogP contribution >= 0.6 is 0 Å². The topological polar surface area (TPSA) is 54.4 Å². The predicted octanol–water partition coefficient (Wildman–Crippen LogP) is -2.53. The SMILES string of the molecule is O=S(=O)(O)c1ccc2cc3ccccc3cc2c1.[H-].[H-].[Na+].[Na+]. The van der Waals surface area contributed by atoms with Gasteiger partial charge < -0.3 is 2.85 Å². The van der Waals surface area contributed by atoms with Crippen molar-refractivity contribution in [1.29, 1.82) is 0 Å². The molecule has 0 aliphatic heterocycles. The summed E-state index contributed by atoms with van der Waals surface area (Å²) in [5.41, 5.74) is 0. The molecule has 3 nitrogen and oxygen atoms in total. The van der Waals surface area contributed by atoms with E-state index in [9.17, 15) is 8.42 Å². The smallest absolute Gasteiger partial charge is 1.00 e. The van der Waals surface area contributed by atoms with E-state index in [1.54, 1.807) is 6.07 Å². The van der Waals surface area contributed by atoms with Crippen molar-refractivity contribution >= 4 is 31.7 Å². The van der Waals surface area contributed by atoms with Crippen molar-refractivity contribution < 1.29 is 74.9 Å². The predicted molar refractivity (Wildman–Crippen MR) is 73.5 cm³/mol. The summed E-state index contributed by atoms with van der Waals surface area (Å²) in [6.07, 6.45) is 0. The number of hydrogen-bond acceptors (Lipinski definition) is 2. The molecule has 0 amide bonds. The fourth-order valence-corrected chi connectivity index (χ4v) is 2.59. The maximum atomic E-state index is 11.1. The summed E-state index contributed by atoms with van der Waals surface area (Å²) in [7, 11) is -4.15. The molecule has 0 spiro atoms. The Kier molecular flexibility index (Phi) is 6.26. The zero-order valence-electron chi connectivity index (χ0n) is 13.4. The summed E-state index contributed by atoms with van der Waals surface area (Å²) in [5.74, 6) is 0. The maximum Gasteiger partial charge on any atom is 1.00 e. The number of benzene rings is 3. The fraction of sp³-hybridized carbons (Fsp3) is 0. The number of hydrogen-bond donors (Lipinski definition) is 1. The van der Waals surface area contributed by atoms with E-state index in [-0.39, 0.29) is 66.9 Å². The molecule has 0 heterocycles. The van der Waals surface area contributed by atoms with Crippen LogP contribution in [0.2, 0.25) is 0 Å². The molecule has 0 aliphatic rings. The minimum atomic E-state index is -4.15. The Balaban J connectivity index is 0. The Bertz CT molecular complexity index is 870. The van der Waals surface area contributed by atoms with E-state index in [0.29, 0.717) is 0 Å². The summed E-state index contributed by atoms with van der Waals surface area (Å²) in [6, 6.07) is 16.4. The fourth-order valence-electron chi connectivity index (χ4n) is 2.08. The molecule has 0 bridgehead atoms. The molecule has 3 aromatic rings. The van der Waals surface area contributed by atoms with Gasteiger partial charge in [-0.1, -0.05) is 30.3 Å². The standard InChI is InChI=1S/C14H10O3S.2Na.2H/c15-18(16,17)14-6-5-12-7-10-3-1-2-4-11(10)8-13(12)9-14;;;;/h1-9H,(H,15,16,17);;;;/q;2*+1;2*-1. The van der Waals surface area contributed by atoms with Gasteiger partial charge >= 0.3 is 59.1 Å². The van der Waals surface area contributed by atoms with Crippen molar-refractivity contribution in [3.63, 3.8) is 0 Å². The number of fused-ring (bicyclic) bond motifs is 2. The summed E-state index contributed by atoms with van der Waals surface area (Å²) >= 11 is 0. The third-order valence-corrected chi connectivity index (χ3v) is 3.82. The van der Waals surface area contributed by atoms with Crippen LogP contribution in [0.25, 0.3) is 21.5 Å². The summed E-state index contributed by atoms with van der Waals surface area (Å²) in [4.78, 5) is -0.0784. The molecular weight excluding hydrogens is 294 g/mol. The van der Waals surface area contributed by atoms with E-state index in [2.05, 4.69) is 0 Å². The Hall–Kier alpha value is 0.0900. The van der Waals surface area contributed by atoms with Gasteiger partial charge in [-0.05, 0) is 45.8 Å². The van der Waals surface area contributed by atoms with Crippen molar-refractivity contribution in [3.05, 3.63) is 54.6 Å². The summed E-state index contributed by atoms with van der Waals surface area (Å²) in [6.45, 7) is 0. The van der Waals surface area contributed by atoms with Gasteiger partial charge in [0.25, 0.3) is 10.1 Å². The molecule has 3 rings (SSSR count). The molecule has 0 saturated carbocycles. The molecule has 6 heteroatoms. The molecule has 0 aromatic heterocycles. The van der Waals surface area contributed by atoms with E-state index < -0.39 is 10.1 Å². The monoisotopic (exact) mass is 306 g/mol. The van der Waals surface area contributed by atoms with Gasteiger partial charge in [-0.15, -0.1) is 0 Å². The average molecular weight is 306 g/mol. The molecule has 0 radical (unpaired) electrons. The second kappa shape index (κ2) is 6.90. The van der Waals surface area contributed by atoms with Gasteiger partial charge in [0.1, 0.15) is 0 Å². The molecule has 94 valence electrons. The Labute approximate surface area is 164 Å². The van der Waals surface area contributed by atoms with Crippen LogP contribution in [0.1, 0.15) is 2.85 Å². The molecule has 0 aliphatic carbocycles. The van der Waals surface area contributed by atoms with Crippen LogP contribution in [-0.2, 0) is 10.1 Å². The minimum Gasteiger partial charge on any atom is -1.00 e. The van der Waals surface area contributed by atoms with Crippen LogP contribution < -0.4 is 59.1 Å². The van der Waals surface area contributed by atoms with E-state index >= 15 is 0 Å². The molecular formula is C14H12Na2O3S. The van der Waals surface area contributed by atoms with Crippen LogP contribution in [-0.4, -0.2) is 13.0 Å². The van der Waals surface area contributed by atoms with Gasteiger partial charge in [-0.2, -0.15) is 8.42 Å². The zero-order chi connectivity index (χ0) is 12.8. The van der Waals surface area contributed by atoms with Crippen LogP contribution in [0.4, 0.5) is 0 Å². The summed E-state index contributed by atoms with van der Waals surface area (Å²) in [5, 5.41) is 3.88. The van der Waals surface area contributed by atoms with E-state index in [0.717, 1.165) is 21.5 Å². The van der Waals surface area contributed by atoms with Crippen molar-refractivity contribution in [2.45, 2.75) is 4.90 Å². The first-order chi connectivity index (χ1) is 8.54. The second-order valence-electron chi connectivity index (χ2n) is 4.18. The van der Waals surface area contributed by atoms with Gasteiger partial charge in [0, 0.05) is 0 Å². The molecule has 3 aromatic carbocycles. The van der Waals surface area contributed by atoms with Crippen LogP contribution in [0.15, 0.2) is 59.5 Å². The van der Waals surface area contributed by atoms with Gasteiger partial charge in [0.15, 0.2) is 0 Å². The average Bonchev–Trinajstić information content (AvgIpc) is 2.34. The Morgan fingerprint density at radius 2 is 1.25 bits per heavy atom. The molecule has 0 saturated heterocycles. The quantitative estimate of drug-likeness (QED) is 0.307. The first-order valence-corrected chi connectivity index (χ1v) is 6.88. The van der Waals surface area contributed by atoms with Crippen molar-refractivity contribution in [1.82, 2.24) is 0 Å². The van der Waals surface area contributed by atoms with Crippen LogP contribution in [0, 0.1) is 0 Å². The van der Waals surface area contributed by atoms with Crippen LogP contribution in [0.5, 0.6) is 0 Å². The van der Waals surface area contributed by atoms with E-state index in [4.69, 9.17) is 4.55 Å². The molecule has 20 heavy (non-hydrogen) atoms. The van der Waals surface area contributed by atoms with Gasteiger partial charge in [0.05, 0.1) is 4.90 Å². The van der Waals surface area contributed by atoms with Gasteiger partial charge in [-0.25, -0.2) is 0 Å². The Morgan fingerprint density at radius 3 is 1.80 bits per heavy atom. The second-order valence-corrected chi connectivity index (χ2v) is 5.60. The maximum absolute atomic E-state index is 11.1. The van der Waals surface area contributed by atoms with E-state index in [1.807, 2.05) is 36.4 Å². The van der Waals surface area contributed by atoms with Crippen molar-refractivity contribution in [2.75, 3.05) is 0 Å². The first kappa shape index (κ1) is 18.1.